The first-order valence-electron chi connectivity index (χ1n) is 11.6. The minimum absolute atomic E-state index is 0.0253. The molecule has 2 fully saturated rings. The van der Waals surface area contributed by atoms with Gasteiger partial charge in [-0.25, -0.2) is 4.98 Å². The third kappa shape index (κ3) is 4.17. The van der Waals surface area contributed by atoms with Crippen LogP contribution in [-0.4, -0.2) is 65.6 Å². The lowest BCUT2D eigenvalue weighted by molar-refractivity contribution is -0.149. The van der Waals surface area contributed by atoms with Crippen molar-refractivity contribution in [3.63, 3.8) is 0 Å². The molecule has 0 aliphatic carbocycles. The minimum atomic E-state index is -0.0386. The molecule has 2 aliphatic heterocycles. The average molecular weight is 433 g/mol. The van der Waals surface area contributed by atoms with E-state index in [1.54, 1.807) is 0 Å². The molecule has 4 heterocycles. The number of likely N-dealkylation sites (tertiary alicyclic amines) is 2. The lowest BCUT2D eigenvalue weighted by Gasteiger charge is -2.41. The van der Waals surface area contributed by atoms with Crippen molar-refractivity contribution in [1.82, 2.24) is 19.8 Å². The van der Waals surface area contributed by atoms with Gasteiger partial charge < -0.3 is 14.6 Å². The van der Waals surface area contributed by atoms with Crippen molar-refractivity contribution in [1.29, 1.82) is 0 Å². The molecule has 0 radical (unpaired) electrons. The van der Waals surface area contributed by atoms with E-state index in [9.17, 15) is 4.79 Å². The van der Waals surface area contributed by atoms with Gasteiger partial charge in [0, 0.05) is 49.4 Å². The molecule has 2 aromatic heterocycles. The molecule has 32 heavy (non-hydrogen) atoms. The quantitative estimate of drug-likeness (QED) is 0.604. The second-order valence-electron chi connectivity index (χ2n) is 9.40. The fourth-order valence-corrected chi connectivity index (χ4v) is 5.69. The van der Waals surface area contributed by atoms with Gasteiger partial charge in [0.05, 0.1) is 13.0 Å². The van der Waals surface area contributed by atoms with Gasteiger partial charge in [-0.2, -0.15) is 0 Å². The fourth-order valence-electron chi connectivity index (χ4n) is 5.69. The van der Waals surface area contributed by atoms with Crippen LogP contribution < -0.4 is 0 Å². The van der Waals surface area contributed by atoms with E-state index in [0.29, 0.717) is 0 Å². The third-order valence-electron chi connectivity index (χ3n) is 7.55. The largest absolute Gasteiger partial charge is 0.469 e. The Hall–Kier alpha value is -2.70. The topological polar surface area (TPSA) is 61.5 Å². The zero-order chi connectivity index (χ0) is 22.0. The van der Waals surface area contributed by atoms with E-state index in [-0.39, 0.29) is 17.3 Å². The van der Waals surface area contributed by atoms with Crippen molar-refractivity contribution in [3.05, 3.63) is 66.0 Å². The van der Waals surface area contributed by atoms with Gasteiger partial charge in [-0.05, 0) is 55.6 Å². The molecule has 168 valence electrons. The predicted molar refractivity (Wildman–Crippen MR) is 125 cm³/mol. The van der Waals surface area contributed by atoms with Crippen LogP contribution in [0.4, 0.5) is 0 Å². The van der Waals surface area contributed by atoms with E-state index in [1.165, 1.54) is 23.6 Å². The first-order valence-corrected chi connectivity index (χ1v) is 11.6. The zero-order valence-corrected chi connectivity index (χ0v) is 18.8. The molecule has 0 amide bonds. The Morgan fingerprint density at radius 1 is 1.16 bits per heavy atom. The van der Waals surface area contributed by atoms with Gasteiger partial charge in [0.2, 0.25) is 0 Å². The number of piperidine rings is 1. The molecule has 0 bridgehead atoms. The number of aromatic amines is 1. The zero-order valence-electron chi connectivity index (χ0n) is 18.8. The number of ether oxygens (including phenoxy) is 1. The molecule has 1 N–H and O–H groups in total. The lowest BCUT2D eigenvalue weighted by Crippen LogP contribution is -2.46. The van der Waals surface area contributed by atoms with Gasteiger partial charge in [0.1, 0.15) is 5.65 Å². The average Bonchev–Trinajstić information content (AvgIpc) is 3.41. The maximum Gasteiger partial charge on any atom is 0.310 e. The number of benzene rings is 1. The van der Waals surface area contributed by atoms with E-state index < -0.39 is 0 Å². The second kappa shape index (κ2) is 9.04. The Kier molecular flexibility index (Phi) is 5.98. The smallest absolute Gasteiger partial charge is 0.310 e. The second-order valence-corrected chi connectivity index (χ2v) is 9.40. The summed E-state index contributed by atoms with van der Waals surface area (Å²) in [6, 6.07) is 14.7. The highest BCUT2D eigenvalue weighted by molar-refractivity contribution is 5.79. The monoisotopic (exact) mass is 432 g/mol. The highest BCUT2D eigenvalue weighted by Crippen LogP contribution is 2.45. The van der Waals surface area contributed by atoms with Gasteiger partial charge in [0.25, 0.3) is 0 Å². The molecule has 0 saturated carbocycles. The van der Waals surface area contributed by atoms with Gasteiger partial charge in [-0.15, -0.1) is 0 Å². The Morgan fingerprint density at radius 2 is 1.97 bits per heavy atom. The van der Waals surface area contributed by atoms with Crippen molar-refractivity contribution >= 4 is 17.0 Å². The summed E-state index contributed by atoms with van der Waals surface area (Å²) in [6.45, 7) is 5.73. The number of carbonyl (C=O) groups excluding carboxylic acids is 1. The summed E-state index contributed by atoms with van der Waals surface area (Å²) in [5, 5.41) is 1.20. The Labute approximate surface area is 189 Å². The van der Waals surface area contributed by atoms with Gasteiger partial charge in [-0.1, -0.05) is 30.3 Å². The van der Waals surface area contributed by atoms with Crippen molar-refractivity contribution < 1.29 is 9.53 Å². The molecular formula is C26H32N4O2. The van der Waals surface area contributed by atoms with Gasteiger partial charge >= 0.3 is 5.97 Å². The molecule has 2 aliphatic rings. The van der Waals surface area contributed by atoms with Crippen LogP contribution in [0.3, 0.4) is 0 Å². The Balaban J connectivity index is 1.24. The van der Waals surface area contributed by atoms with Crippen molar-refractivity contribution in [2.45, 2.75) is 25.8 Å². The molecule has 1 spiro atoms. The van der Waals surface area contributed by atoms with Gasteiger partial charge in [0.15, 0.2) is 0 Å². The van der Waals surface area contributed by atoms with Crippen LogP contribution in [0, 0.1) is 11.3 Å². The first-order chi connectivity index (χ1) is 15.7. The summed E-state index contributed by atoms with van der Waals surface area (Å²) in [7, 11) is 1.53. The van der Waals surface area contributed by atoms with Gasteiger partial charge in [-0.3, -0.25) is 9.69 Å². The number of pyridine rings is 1. The number of nitrogens with zero attached hydrogens (tertiary/aromatic N) is 3. The highest BCUT2D eigenvalue weighted by Gasteiger charge is 2.51. The van der Waals surface area contributed by atoms with E-state index in [4.69, 9.17) is 4.74 Å². The van der Waals surface area contributed by atoms with E-state index in [1.807, 2.05) is 12.3 Å². The molecule has 1 atom stereocenters. The van der Waals surface area contributed by atoms with Crippen LogP contribution in [0.25, 0.3) is 11.0 Å². The SMILES string of the molecule is COC(=O)C1CN(CCc2ccccc2)CC12CCN(Cc1c[nH]c3ncccc13)CC2. The molecule has 2 saturated heterocycles. The van der Waals surface area contributed by atoms with Crippen molar-refractivity contribution in [2.75, 3.05) is 39.8 Å². The number of fused-ring (bicyclic) bond motifs is 1. The molecular weight excluding hydrogens is 400 g/mol. The Bertz CT molecular complexity index is 1060. The van der Waals surface area contributed by atoms with E-state index >= 15 is 0 Å². The number of nitrogens with one attached hydrogen (secondary N) is 1. The first kappa shape index (κ1) is 21.2. The number of esters is 1. The molecule has 3 aromatic rings. The van der Waals surface area contributed by atoms with Crippen molar-refractivity contribution in [3.8, 4) is 0 Å². The standard InChI is InChI=1S/C26H32N4O2/c1-32-25(31)23-18-30(13-9-20-6-3-2-4-7-20)19-26(23)10-14-29(15-11-26)17-21-16-28-24-22(21)8-5-12-27-24/h2-8,12,16,23H,9-11,13-15,17-19H2,1H3,(H,27,28). The summed E-state index contributed by atoms with van der Waals surface area (Å²) in [5.41, 5.74) is 3.63. The lowest BCUT2D eigenvalue weighted by atomic mass is 9.70. The minimum Gasteiger partial charge on any atom is -0.469 e. The Morgan fingerprint density at radius 3 is 2.75 bits per heavy atom. The molecule has 6 nitrogen and oxygen atoms in total. The third-order valence-corrected chi connectivity index (χ3v) is 7.55. The van der Waals surface area contributed by atoms with Crippen LogP contribution >= 0.6 is 0 Å². The summed E-state index contributed by atoms with van der Waals surface area (Å²) < 4.78 is 5.24. The van der Waals surface area contributed by atoms with Crippen LogP contribution in [0.1, 0.15) is 24.0 Å². The van der Waals surface area contributed by atoms with Crippen LogP contribution in [0.2, 0.25) is 0 Å². The number of H-pyrrole nitrogens is 1. The number of aromatic nitrogens is 2. The number of methoxy groups -OCH3 is 1. The van der Waals surface area contributed by atoms with Crippen LogP contribution in [0.15, 0.2) is 54.9 Å². The maximum absolute atomic E-state index is 12.7. The van der Waals surface area contributed by atoms with E-state index in [0.717, 1.165) is 64.2 Å². The summed E-state index contributed by atoms with van der Waals surface area (Å²) in [5.74, 6) is -0.0638. The number of hydrogen-bond acceptors (Lipinski definition) is 5. The van der Waals surface area contributed by atoms with E-state index in [2.05, 4.69) is 62.4 Å². The summed E-state index contributed by atoms with van der Waals surface area (Å²) >= 11 is 0. The maximum atomic E-state index is 12.7. The highest BCUT2D eigenvalue weighted by atomic mass is 16.5. The fraction of sp³-hybridized carbons (Fsp3) is 0.462. The number of carbonyl (C=O) groups is 1. The molecule has 6 heteroatoms. The number of rotatable bonds is 6. The normalized spacial score (nSPS) is 21.3. The summed E-state index contributed by atoms with van der Waals surface area (Å²) in [4.78, 5) is 25.4. The van der Waals surface area contributed by atoms with Crippen LogP contribution in [0.5, 0.6) is 0 Å². The number of hydrogen-bond donors (Lipinski definition) is 1. The van der Waals surface area contributed by atoms with Crippen molar-refractivity contribution in [2.24, 2.45) is 11.3 Å². The summed E-state index contributed by atoms with van der Waals surface area (Å²) in [6.07, 6.45) is 7.00. The molecule has 5 rings (SSSR count). The predicted octanol–water partition coefficient (Wildman–Crippen LogP) is 3.49. The van der Waals surface area contributed by atoms with Crippen LogP contribution in [-0.2, 0) is 22.5 Å². The molecule has 1 unspecified atom stereocenters. The molecule has 1 aromatic carbocycles.